The minimum Gasteiger partial charge on any atom is -0.393 e. The van der Waals surface area contributed by atoms with Gasteiger partial charge in [0.2, 0.25) is 10.0 Å². The van der Waals surface area contributed by atoms with Crippen molar-refractivity contribution in [2.45, 2.75) is 50.1 Å². The van der Waals surface area contributed by atoms with Gasteiger partial charge in [-0.3, -0.25) is 10.1 Å². The number of piperidine rings is 1. The van der Waals surface area contributed by atoms with E-state index in [1.165, 1.54) is 22.5 Å². The Morgan fingerprint density at radius 3 is 2.38 bits per heavy atom. The lowest BCUT2D eigenvalue weighted by molar-refractivity contribution is -0.386. The molecule has 0 spiro atoms. The summed E-state index contributed by atoms with van der Waals surface area (Å²) in [5.41, 5.74) is 4.91. The highest BCUT2D eigenvalue weighted by atomic mass is 32.2. The number of nitrogens with two attached hydrogens (primary N) is 1. The van der Waals surface area contributed by atoms with Crippen LogP contribution in [-0.4, -0.2) is 29.7 Å². The van der Waals surface area contributed by atoms with E-state index >= 15 is 0 Å². The molecule has 1 aliphatic rings. The molecule has 7 nitrogen and oxygen atoms in total. The van der Waals surface area contributed by atoms with Crippen LogP contribution in [0.25, 0.3) is 0 Å². The van der Waals surface area contributed by atoms with E-state index in [0.29, 0.717) is 0 Å². The van der Waals surface area contributed by atoms with Crippen LogP contribution < -0.4 is 5.73 Å². The Hall–Kier alpha value is -1.67. The SMILES string of the molecule is CC1CCCC(C)N1S(=O)(=O)c1cccc(N)c1[N+](=O)[O-]. The highest BCUT2D eigenvalue weighted by Crippen LogP contribution is 2.36. The first-order valence-corrected chi connectivity index (χ1v) is 8.27. The zero-order valence-corrected chi connectivity index (χ0v) is 12.8. The van der Waals surface area contributed by atoms with Crippen molar-refractivity contribution >= 4 is 21.4 Å². The third kappa shape index (κ3) is 2.73. The Labute approximate surface area is 123 Å². The maximum Gasteiger partial charge on any atom is 0.312 e. The summed E-state index contributed by atoms with van der Waals surface area (Å²) >= 11 is 0. The van der Waals surface area contributed by atoms with Gasteiger partial charge in [0.25, 0.3) is 0 Å². The van der Waals surface area contributed by atoms with Gasteiger partial charge >= 0.3 is 5.69 Å². The molecular weight excluding hydrogens is 294 g/mol. The predicted molar refractivity (Wildman–Crippen MR) is 79.3 cm³/mol. The van der Waals surface area contributed by atoms with E-state index in [1.54, 1.807) is 0 Å². The lowest BCUT2D eigenvalue weighted by Crippen LogP contribution is -2.47. The fourth-order valence-electron chi connectivity index (χ4n) is 2.93. The summed E-state index contributed by atoms with van der Waals surface area (Å²) in [6.07, 6.45) is 2.45. The Morgan fingerprint density at radius 1 is 1.29 bits per heavy atom. The van der Waals surface area contributed by atoms with Gasteiger partial charge in [-0.1, -0.05) is 12.5 Å². The summed E-state index contributed by atoms with van der Waals surface area (Å²) < 4.78 is 27.1. The molecule has 2 rings (SSSR count). The third-order valence-corrected chi connectivity index (χ3v) is 6.04. The zero-order valence-electron chi connectivity index (χ0n) is 12.0. The summed E-state index contributed by atoms with van der Waals surface area (Å²) in [5, 5.41) is 11.2. The van der Waals surface area contributed by atoms with Crippen molar-refractivity contribution in [3.8, 4) is 0 Å². The smallest absolute Gasteiger partial charge is 0.312 e. The van der Waals surface area contributed by atoms with E-state index in [1.807, 2.05) is 13.8 Å². The van der Waals surface area contributed by atoms with Crippen LogP contribution in [-0.2, 0) is 10.0 Å². The second-order valence-electron chi connectivity index (χ2n) is 5.41. The van der Waals surface area contributed by atoms with E-state index in [9.17, 15) is 18.5 Å². The molecule has 1 aromatic carbocycles. The molecule has 8 heteroatoms. The van der Waals surface area contributed by atoms with Crippen molar-refractivity contribution in [1.82, 2.24) is 4.31 Å². The Kier molecular flexibility index (Phi) is 4.20. The van der Waals surface area contributed by atoms with Gasteiger partial charge < -0.3 is 5.73 Å². The molecule has 1 aromatic rings. The maximum absolute atomic E-state index is 12.9. The zero-order chi connectivity index (χ0) is 15.8. The van der Waals surface area contributed by atoms with Crippen LogP contribution in [0.5, 0.6) is 0 Å². The molecule has 2 atom stereocenters. The van der Waals surface area contributed by atoms with Gasteiger partial charge in [-0.25, -0.2) is 8.42 Å². The van der Waals surface area contributed by atoms with Gasteiger partial charge in [-0.2, -0.15) is 4.31 Å². The minimum atomic E-state index is -3.95. The fraction of sp³-hybridized carbons (Fsp3) is 0.538. The van der Waals surface area contributed by atoms with Gasteiger partial charge in [-0.05, 0) is 38.8 Å². The number of sulfonamides is 1. The van der Waals surface area contributed by atoms with Gasteiger partial charge in [0.15, 0.2) is 4.90 Å². The number of anilines is 1. The molecule has 2 unspecified atom stereocenters. The van der Waals surface area contributed by atoms with Crippen LogP contribution in [0.1, 0.15) is 33.1 Å². The maximum atomic E-state index is 12.9. The quantitative estimate of drug-likeness (QED) is 0.522. The highest BCUT2D eigenvalue weighted by Gasteiger charge is 2.39. The standard InChI is InChI=1S/C13H19N3O4S/c1-9-5-3-6-10(2)15(9)21(19,20)12-8-4-7-11(14)13(12)16(17)18/h4,7-10H,3,5-6,14H2,1-2H3. The molecule has 1 saturated heterocycles. The van der Waals surface area contributed by atoms with Crippen molar-refractivity contribution < 1.29 is 13.3 Å². The van der Waals surface area contributed by atoms with Crippen molar-refractivity contribution in [3.63, 3.8) is 0 Å². The van der Waals surface area contributed by atoms with Crippen LogP contribution in [0.15, 0.2) is 23.1 Å². The lowest BCUT2D eigenvalue weighted by Gasteiger charge is -2.37. The average molecular weight is 313 g/mol. The van der Waals surface area contributed by atoms with Gasteiger partial charge in [0.05, 0.1) is 4.92 Å². The number of nitro groups is 1. The molecule has 1 heterocycles. The summed E-state index contributed by atoms with van der Waals surface area (Å²) in [6, 6.07) is 3.65. The summed E-state index contributed by atoms with van der Waals surface area (Å²) in [4.78, 5) is 10.1. The molecule has 0 radical (unpaired) electrons. The molecule has 21 heavy (non-hydrogen) atoms. The molecule has 0 aliphatic carbocycles. The number of nitrogen functional groups attached to an aromatic ring is 1. The monoisotopic (exact) mass is 313 g/mol. The number of hydrogen-bond acceptors (Lipinski definition) is 5. The normalized spacial score (nSPS) is 23.9. The summed E-state index contributed by atoms with van der Waals surface area (Å²) in [5.74, 6) is 0. The number of benzene rings is 1. The van der Waals surface area contributed by atoms with Crippen LogP contribution in [0.3, 0.4) is 0 Å². The molecule has 2 N–H and O–H groups in total. The Balaban J connectivity index is 2.59. The largest absolute Gasteiger partial charge is 0.393 e. The number of hydrogen-bond donors (Lipinski definition) is 1. The lowest BCUT2D eigenvalue weighted by atomic mass is 10.0. The van der Waals surface area contributed by atoms with Gasteiger partial charge in [-0.15, -0.1) is 0 Å². The molecular formula is C13H19N3O4S. The van der Waals surface area contributed by atoms with Crippen molar-refractivity contribution in [3.05, 3.63) is 28.3 Å². The highest BCUT2D eigenvalue weighted by molar-refractivity contribution is 7.89. The van der Waals surface area contributed by atoms with Gasteiger partial charge in [0.1, 0.15) is 5.69 Å². The molecule has 1 aliphatic heterocycles. The molecule has 0 amide bonds. The van der Waals surface area contributed by atoms with Crippen LogP contribution in [0.2, 0.25) is 0 Å². The number of para-hydroxylation sites is 1. The van der Waals surface area contributed by atoms with Crippen LogP contribution in [0.4, 0.5) is 11.4 Å². The molecule has 116 valence electrons. The molecule has 0 bridgehead atoms. The molecule has 1 fully saturated rings. The predicted octanol–water partition coefficient (Wildman–Crippen LogP) is 2.13. The topological polar surface area (TPSA) is 107 Å². The van der Waals surface area contributed by atoms with Gasteiger partial charge in [0, 0.05) is 12.1 Å². The van der Waals surface area contributed by atoms with E-state index < -0.39 is 20.6 Å². The van der Waals surface area contributed by atoms with Crippen molar-refractivity contribution in [2.24, 2.45) is 0 Å². The van der Waals surface area contributed by atoms with E-state index in [-0.39, 0.29) is 22.7 Å². The number of rotatable bonds is 3. The number of nitro benzene ring substituents is 1. The first-order valence-electron chi connectivity index (χ1n) is 6.83. The fourth-order valence-corrected chi connectivity index (χ4v) is 5.00. The van der Waals surface area contributed by atoms with Crippen molar-refractivity contribution in [2.75, 3.05) is 5.73 Å². The summed E-state index contributed by atoms with van der Waals surface area (Å²) in [7, 11) is -3.95. The van der Waals surface area contributed by atoms with E-state index in [2.05, 4.69) is 0 Å². The van der Waals surface area contributed by atoms with Crippen molar-refractivity contribution in [1.29, 1.82) is 0 Å². The second kappa shape index (κ2) is 5.61. The van der Waals surface area contributed by atoms with E-state index in [0.717, 1.165) is 19.3 Å². The van der Waals surface area contributed by atoms with E-state index in [4.69, 9.17) is 5.73 Å². The minimum absolute atomic E-state index is 0.140. The molecule has 0 aromatic heterocycles. The third-order valence-electron chi connectivity index (χ3n) is 3.88. The average Bonchev–Trinajstić information content (AvgIpc) is 2.37. The Morgan fingerprint density at radius 2 is 1.86 bits per heavy atom. The second-order valence-corrected chi connectivity index (χ2v) is 7.23. The van der Waals surface area contributed by atoms with Crippen LogP contribution in [0, 0.1) is 10.1 Å². The number of nitrogens with zero attached hydrogens (tertiary/aromatic N) is 2. The first-order chi connectivity index (χ1) is 9.76. The molecule has 0 saturated carbocycles. The Bertz CT molecular complexity index is 649. The van der Waals surface area contributed by atoms with Crippen LogP contribution >= 0.6 is 0 Å². The summed E-state index contributed by atoms with van der Waals surface area (Å²) in [6.45, 7) is 3.65. The first kappa shape index (κ1) is 15.7.